The normalized spacial score (nSPS) is 30.6. The van der Waals surface area contributed by atoms with Crippen molar-refractivity contribution in [3.8, 4) is 0 Å². The van der Waals surface area contributed by atoms with Crippen LogP contribution in [0, 0.1) is 12.7 Å². The Labute approximate surface area is 127 Å². The number of nitrogens with zero attached hydrogens (tertiary/aromatic N) is 1. The average Bonchev–Trinajstić information content (AvgIpc) is 2.62. The van der Waals surface area contributed by atoms with Gasteiger partial charge in [-0.05, 0) is 56.4 Å². The van der Waals surface area contributed by atoms with Crippen LogP contribution in [0.15, 0.2) is 23.1 Å². The number of hydrogen-bond acceptors (Lipinski definition) is 2. The highest BCUT2D eigenvalue weighted by molar-refractivity contribution is 9.09. The molecule has 3 rings (SSSR count). The first kappa shape index (κ1) is 14.5. The Bertz CT molecular complexity index is 620. The summed E-state index contributed by atoms with van der Waals surface area (Å²) in [6.07, 6.45) is 3.56. The third kappa shape index (κ3) is 2.31. The average molecular weight is 362 g/mol. The molecule has 2 aliphatic rings. The number of fused-ring (bicyclic) bond motifs is 2. The molecule has 20 heavy (non-hydrogen) atoms. The number of alkyl halides is 1. The molecule has 1 aromatic carbocycles. The minimum Gasteiger partial charge on any atom is -0.207 e. The number of piperidine rings is 1. The highest BCUT2D eigenvalue weighted by Crippen LogP contribution is 2.42. The summed E-state index contributed by atoms with van der Waals surface area (Å²) in [7, 11) is -3.52. The summed E-state index contributed by atoms with van der Waals surface area (Å²) in [5.74, 6) is -0.399. The van der Waals surface area contributed by atoms with Gasteiger partial charge < -0.3 is 0 Å². The van der Waals surface area contributed by atoms with E-state index in [1.165, 1.54) is 18.2 Å². The molecule has 0 amide bonds. The zero-order valence-corrected chi connectivity index (χ0v) is 13.6. The first-order valence-corrected chi connectivity index (χ1v) is 9.19. The standard InChI is InChI=1S/C14H17BrFNO2S/c1-9-6-11(16)2-5-14(9)20(18,19)17-12-3-4-13(17)8-10(15)7-12/h2,5-6,10,12-13H,3-4,7-8H2,1H3. The van der Waals surface area contributed by atoms with E-state index >= 15 is 0 Å². The number of sulfonamides is 1. The Kier molecular flexibility index (Phi) is 3.67. The number of aryl methyl sites for hydroxylation is 1. The summed E-state index contributed by atoms with van der Waals surface area (Å²) >= 11 is 3.61. The molecule has 2 bridgehead atoms. The number of rotatable bonds is 2. The Morgan fingerprint density at radius 2 is 1.85 bits per heavy atom. The van der Waals surface area contributed by atoms with Gasteiger partial charge in [0, 0.05) is 16.9 Å². The first-order valence-electron chi connectivity index (χ1n) is 6.83. The van der Waals surface area contributed by atoms with Gasteiger partial charge in [0.05, 0.1) is 4.90 Å². The lowest BCUT2D eigenvalue weighted by Gasteiger charge is -2.36. The second-order valence-corrected chi connectivity index (χ2v) is 8.81. The van der Waals surface area contributed by atoms with Crippen LogP contribution in [0.3, 0.4) is 0 Å². The number of benzene rings is 1. The molecule has 2 atom stereocenters. The maximum Gasteiger partial charge on any atom is 0.243 e. The Balaban J connectivity index is 2.01. The van der Waals surface area contributed by atoms with E-state index in [-0.39, 0.29) is 17.0 Å². The lowest BCUT2D eigenvalue weighted by atomic mass is 10.1. The van der Waals surface area contributed by atoms with Crippen molar-refractivity contribution in [2.45, 2.75) is 54.4 Å². The van der Waals surface area contributed by atoms with Gasteiger partial charge in [-0.15, -0.1) is 0 Å². The summed E-state index contributed by atoms with van der Waals surface area (Å²) in [6.45, 7) is 1.65. The maximum absolute atomic E-state index is 13.2. The van der Waals surface area contributed by atoms with Gasteiger partial charge in [0.1, 0.15) is 5.82 Å². The fourth-order valence-corrected chi connectivity index (χ4v) is 6.44. The van der Waals surface area contributed by atoms with E-state index in [1.54, 1.807) is 11.2 Å². The Morgan fingerprint density at radius 1 is 1.25 bits per heavy atom. The molecular weight excluding hydrogens is 345 g/mol. The Morgan fingerprint density at radius 3 is 2.40 bits per heavy atom. The van der Waals surface area contributed by atoms with E-state index in [0.717, 1.165) is 25.7 Å². The van der Waals surface area contributed by atoms with Gasteiger partial charge in [0.25, 0.3) is 0 Å². The van der Waals surface area contributed by atoms with Crippen LogP contribution in [0.1, 0.15) is 31.2 Å². The summed E-state index contributed by atoms with van der Waals surface area (Å²) in [6, 6.07) is 4.05. The second kappa shape index (κ2) is 5.07. The van der Waals surface area contributed by atoms with Crippen molar-refractivity contribution in [1.82, 2.24) is 4.31 Å². The molecule has 110 valence electrons. The smallest absolute Gasteiger partial charge is 0.207 e. The largest absolute Gasteiger partial charge is 0.243 e. The fourth-order valence-electron chi connectivity index (χ4n) is 3.48. The molecule has 6 heteroatoms. The van der Waals surface area contributed by atoms with Gasteiger partial charge in [-0.1, -0.05) is 15.9 Å². The van der Waals surface area contributed by atoms with Crippen molar-refractivity contribution >= 4 is 26.0 Å². The minimum absolute atomic E-state index is 0.0765. The molecule has 0 aromatic heterocycles. The maximum atomic E-state index is 13.2. The molecule has 0 radical (unpaired) electrons. The molecule has 0 spiro atoms. The Hall–Kier alpha value is -0.460. The first-order chi connectivity index (χ1) is 9.39. The van der Waals surface area contributed by atoms with Crippen LogP contribution in [0.2, 0.25) is 0 Å². The van der Waals surface area contributed by atoms with E-state index in [0.29, 0.717) is 10.4 Å². The third-order valence-corrected chi connectivity index (χ3v) is 7.21. The molecule has 0 aliphatic carbocycles. The summed E-state index contributed by atoms with van der Waals surface area (Å²) in [5.41, 5.74) is 0.477. The lowest BCUT2D eigenvalue weighted by molar-refractivity contribution is 0.255. The number of halogens is 2. The van der Waals surface area contributed by atoms with Gasteiger partial charge in [-0.2, -0.15) is 4.31 Å². The summed E-state index contributed by atoms with van der Waals surface area (Å²) < 4.78 is 40.6. The van der Waals surface area contributed by atoms with E-state index in [2.05, 4.69) is 15.9 Å². The molecule has 2 heterocycles. The van der Waals surface area contributed by atoms with Crippen LogP contribution in [-0.2, 0) is 10.0 Å². The topological polar surface area (TPSA) is 37.4 Å². The van der Waals surface area contributed by atoms with Crippen molar-refractivity contribution in [2.75, 3.05) is 0 Å². The molecule has 2 aliphatic heterocycles. The minimum atomic E-state index is -3.52. The second-order valence-electron chi connectivity index (χ2n) is 5.70. The van der Waals surface area contributed by atoms with Crippen molar-refractivity contribution < 1.29 is 12.8 Å². The highest BCUT2D eigenvalue weighted by Gasteiger charge is 2.46. The zero-order valence-electron chi connectivity index (χ0n) is 11.2. The van der Waals surface area contributed by atoms with Gasteiger partial charge in [-0.25, -0.2) is 12.8 Å². The van der Waals surface area contributed by atoms with Crippen LogP contribution >= 0.6 is 15.9 Å². The van der Waals surface area contributed by atoms with Crippen LogP contribution in [0.25, 0.3) is 0 Å². The molecule has 2 unspecified atom stereocenters. The van der Waals surface area contributed by atoms with Crippen molar-refractivity contribution in [2.24, 2.45) is 0 Å². The highest BCUT2D eigenvalue weighted by atomic mass is 79.9. The molecule has 3 nitrogen and oxygen atoms in total. The van der Waals surface area contributed by atoms with Crippen LogP contribution in [0.4, 0.5) is 4.39 Å². The molecule has 2 saturated heterocycles. The van der Waals surface area contributed by atoms with Crippen molar-refractivity contribution in [3.63, 3.8) is 0 Å². The van der Waals surface area contributed by atoms with Crippen LogP contribution in [-0.4, -0.2) is 29.6 Å². The van der Waals surface area contributed by atoms with Gasteiger partial charge >= 0.3 is 0 Å². The molecule has 0 saturated carbocycles. The van der Waals surface area contributed by atoms with Gasteiger partial charge in [0.2, 0.25) is 10.0 Å². The summed E-state index contributed by atoms with van der Waals surface area (Å²) in [5, 5.41) is 0. The summed E-state index contributed by atoms with van der Waals surface area (Å²) in [4.78, 5) is 0.643. The van der Waals surface area contributed by atoms with Crippen LogP contribution in [0.5, 0.6) is 0 Å². The third-order valence-electron chi connectivity index (χ3n) is 4.30. The quantitative estimate of drug-likeness (QED) is 0.758. The SMILES string of the molecule is Cc1cc(F)ccc1S(=O)(=O)N1C2CCC1CC(Br)C2. The zero-order chi connectivity index (χ0) is 14.5. The predicted molar refractivity (Wildman–Crippen MR) is 78.9 cm³/mol. The molecule has 0 N–H and O–H groups in total. The van der Waals surface area contributed by atoms with Crippen LogP contribution < -0.4 is 0 Å². The molecule has 1 aromatic rings. The van der Waals surface area contributed by atoms with Crippen molar-refractivity contribution in [3.05, 3.63) is 29.6 Å². The van der Waals surface area contributed by atoms with E-state index in [4.69, 9.17) is 0 Å². The van der Waals surface area contributed by atoms with E-state index < -0.39 is 15.8 Å². The van der Waals surface area contributed by atoms with Gasteiger partial charge in [-0.3, -0.25) is 0 Å². The van der Waals surface area contributed by atoms with Crippen molar-refractivity contribution in [1.29, 1.82) is 0 Å². The van der Waals surface area contributed by atoms with Gasteiger partial charge in [0.15, 0.2) is 0 Å². The predicted octanol–water partition coefficient (Wildman–Crippen LogP) is 3.21. The van der Waals surface area contributed by atoms with E-state index in [9.17, 15) is 12.8 Å². The fraction of sp³-hybridized carbons (Fsp3) is 0.571. The van der Waals surface area contributed by atoms with E-state index in [1.807, 2.05) is 0 Å². The number of hydrogen-bond donors (Lipinski definition) is 0. The monoisotopic (exact) mass is 361 g/mol. The molecular formula is C14H17BrFNO2S. The lowest BCUT2D eigenvalue weighted by Crippen LogP contribution is -2.46. The molecule has 2 fully saturated rings.